The van der Waals surface area contributed by atoms with Gasteiger partial charge in [-0.1, -0.05) is 230 Å². The first-order chi connectivity index (χ1) is 31.5. The van der Waals surface area contributed by atoms with E-state index in [4.69, 9.17) is 14.2 Å². The van der Waals surface area contributed by atoms with Crippen LogP contribution in [0.25, 0.3) is 0 Å². The number of allylic oxidation sites excluding steroid dienone is 8. The van der Waals surface area contributed by atoms with E-state index >= 15 is 0 Å². The highest BCUT2D eigenvalue weighted by molar-refractivity contribution is 5.71. The van der Waals surface area contributed by atoms with Crippen LogP contribution in [-0.2, 0) is 28.6 Å². The molecule has 0 spiro atoms. The second kappa shape index (κ2) is 53.0. The van der Waals surface area contributed by atoms with Crippen LogP contribution >= 0.6 is 0 Å². The fourth-order valence-corrected chi connectivity index (χ4v) is 7.86. The van der Waals surface area contributed by atoms with Crippen LogP contribution in [0.5, 0.6) is 0 Å². The van der Waals surface area contributed by atoms with Gasteiger partial charge < -0.3 is 14.2 Å². The monoisotopic (exact) mass is 897 g/mol. The standard InChI is InChI=1S/C58H104O6/c1-4-7-10-13-16-19-22-24-25-26-27-28-29-30-31-32-33-35-36-39-42-45-48-51-57(60)63-54-55(53-62-56(59)50-47-44-41-38-21-18-15-12-9-6-3)64-58(61)52-49-46-43-40-37-34-23-20-17-14-11-8-5-2/h20,22-24,26-27,29-30,55H,4-19,21,25,28,31-54H2,1-3H3/b23-20-,24-22-,27-26-,30-29-. The summed E-state index contributed by atoms with van der Waals surface area (Å²) in [5.41, 5.74) is 0. The Balaban J connectivity index is 4.27. The van der Waals surface area contributed by atoms with Gasteiger partial charge >= 0.3 is 17.9 Å². The zero-order valence-electron chi connectivity index (χ0n) is 42.6. The van der Waals surface area contributed by atoms with Gasteiger partial charge in [-0.15, -0.1) is 0 Å². The molecule has 372 valence electrons. The molecule has 0 saturated carbocycles. The highest BCUT2D eigenvalue weighted by Gasteiger charge is 2.19. The van der Waals surface area contributed by atoms with E-state index in [9.17, 15) is 14.4 Å². The van der Waals surface area contributed by atoms with Gasteiger partial charge in [0.2, 0.25) is 0 Å². The first-order valence-corrected chi connectivity index (χ1v) is 27.6. The normalized spacial score (nSPS) is 12.4. The van der Waals surface area contributed by atoms with Crippen molar-refractivity contribution >= 4 is 17.9 Å². The fourth-order valence-electron chi connectivity index (χ4n) is 7.86. The van der Waals surface area contributed by atoms with E-state index < -0.39 is 6.10 Å². The van der Waals surface area contributed by atoms with E-state index in [1.165, 1.54) is 154 Å². The van der Waals surface area contributed by atoms with Crippen molar-refractivity contribution in [1.82, 2.24) is 0 Å². The van der Waals surface area contributed by atoms with Crippen LogP contribution in [0.1, 0.15) is 284 Å². The lowest BCUT2D eigenvalue weighted by molar-refractivity contribution is -0.167. The summed E-state index contributed by atoms with van der Waals surface area (Å²) < 4.78 is 16.8. The van der Waals surface area contributed by atoms with Crippen LogP contribution < -0.4 is 0 Å². The minimum atomic E-state index is -0.777. The molecule has 0 saturated heterocycles. The lowest BCUT2D eigenvalue weighted by Gasteiger charge is -2.18. The summed E-state index contributed by atoms with van der Waals surface area (Å²) in [6, 6.07) is 0. The molecule has 1 atom stereocenters. The molecule has 0 heterocycles. The number of carbonyl (C=O) groups is 3. The summed E-state index contributed by atoms with van der Waals surface area (Å²) in [6.07, 6.45) is 63.9. The Hall–Kier alpha value is -2.63. The van der Waals surface area contributed by atoms with E-state index in [-0.39, 0.29) is 31.1 Å². The first kappa shape index (κ1) is 61.4. The maximum atomic E-state index is 12.8. The first-order valence-electron chi connectivity index (χ1n) is 27.6. The lowest BCUT2D eigenvalue weighted by atomic mass is 10.1. The number of hydrogen-bond donors (Lipinski definition) is 0. The molecule has 0 aliphatic rings. The molecule has 1 unspecified atom stereocenters. The van der Waals surface area contributed by atoms with Crippen LogP contribution in [-0.4, -0.2) is 37.2 Å². The van der Waals surface area contributed by atoms with E-state index in [1.807, 2.05) is 0 Å². The predicted octanol–water partition coefficient (Wildman–Crippen LogP) is 18.3. The zero-order valence-corrected chi connectivity index (χ0v) is 42.6. The van der Waals surface area contributed by atoms with Crippen molar-refractivity contribution in [3.05, 3.63) is 48.6 Å². The van der Waals surface area contributed by atoms with E-state index in [0.29, 0.717) is 19.3 Å². The molecule has 64 heavy (non-hydrogen) atoms. The highest BCUT2D eigenvalue weighted by Crippen LogP contribution is 2.15. The molecule has 0 fully saturated rings. The second-order valence-electron chi connectivity index (χ2n) is 18.5. The molecule has 0 aromatic heterocycles. The van der Waals surface area contributed by atoms with Gasteiger partial charge in [0, 0.05) is 19.3 Å². The van der Waals surface area contributed by atoms with Crippen molar-refractivity contribution in [2.45, 2.75) is 290 Å². The molecule has 0 aliphatic carbocycles. The van der Waals surface area contributed by atoms with Crippen molar-refractivity contribution in [3.8, 4) is 0 Å². The van der Waals surface area contributed by atoms with Crippen LogP contribution in [0.3, 0.4) is 0 Å². The molecule has 0 aliphatic heterocycles. The molecule has 0 N–H and O–H groups in total. The van der Waals surface area contributed by atoms with Gasteiger partial charge in [-0.05, 0) is 83.5 Å². The summed E-state index contributed by atoms with van der Waals surface area (Å²) in [6.45, 7) is 6.60. The van der Waals surface area contributed by atoms with Gasteiger partial charge in [-0.3, -0.25) is 14.4 Å². The topological polar surface area (TPSA) is 78.9 Å². The number of ether oxygens (including phenoxy) is 3. The van der Waals surface area contributed by atoms with Crippen LogP contribution in [0.2, 0.25) is 0 Å². The van der Waals surface area contributed by atoms with Gasteiger partial charge in [-0.2, -0.15) is 0 Å². The molecular formula is C58H104O6. The lowest BCUT2D eigenvalue weighted by Crippen LogP contribution is -2.30. The minimum absolute atomic E-state index is 0.0766. The predicted molar refractivity (Wildman–Crippen MR) is 275 cm³/mol. The molecule has 0 radical (unpaired) electrons. The Labute approximate surface area is 397 Å². The van der Waals surface area contributed by atoms with Crippen molar-refractivity contribution in [3.63, 3.8) is 0 Å². The maximum Gasteiger partial charge on any atom is 0.306 e. The average Bonchev–Trinajstić information content (AvgIpc) is 3.29. The third-order valence-corrected chi connectivity index (χ3v) is 12.1. The quantitative estimate of drug-likeness (QED) is 0.0262. The second-order valence-corrected chi connectivity index (χ2v) is 18.5. The van der Waals surface area contributed by atoms with Crippen molar-refractivity contribution in [1.29, 1.82) is 0 Å². The summed E-state index contributed by atoms with van der Waals surface area (Å²) in [5, 5.41) is 0. The van der Waals surface area contributed by atoms with Crippen LogP contribution in [0.15, 0.2) is 48.6 Å². The third-order valence-electron chi connectivity index (χ3n) is 12.1. The maximum absolute atomic E-state index is 12.8. The smallest absolute Gasteiger partial charge is 0.306 e. The van der Waals surface area contributed by atoms with Gasteiger partial charge in [0.25, 0.3) is 0 Å². The largest absolute Gasteiger partial charge is 0.462 e. The SMILES string of the molecule is CCCCCC/C=C\CCCCCCCC(=O)OC(COC(=O)CCCCCCCCCC/C=C\C/C=C\C/C=C\CCCCCCC)COC(=O)CCCCCCCCCCCC. The number of unbranched alkanes of at least 4 members (excludes halogenated alkanes) is 31. The molecule has 0 amide bonds. The summed E-state index contributed by atoms with van der Waals surface area (Å²) >= 11 is 0. The Kier molecular flexibility index (Phi) is 50.8. The Morgan fingerprint density at radius 3 is 0.906 bits per heavy atom. The molecule has 0 bridgehead atoms. The number of esters is 3. The fraction of sp³-hybridized carbons (Fsp3) is 0.810. The van der Waals surface area contributed by atoms with E-state index in [0.717, 1.165) is 89.9 Å². The Morgan fingerprint density at radius 2 is 0.562 bits per heavy atom. The molecular weight excluding hydrogens is 793 g/mol. The van der Waals surface area contributed by atoms with Crippen molar-refractivity contribution in [2.24, 2.45) is 0 Å². The number of hydrogen-bond acceptors (Lipinski definition) is 6. The summed E-state index contributed by atoms with van der Waals surface area (Å²) in [5.74, 6) is -0.886. The van der Waals surface area contributed by atoms with E-state index in [2.05, 4.69) is 69.4 Å². The molecule has 6 nitrogen and oxygen atoms in total. The molecule has 0 aromatic rings. The molecule has 6 heteroatoms. The number of carbonyl (C=O) groups excluding carboxylic acids is 3. The van der Waals surface area contributed by atoms with Crippen molar-refractivity contribution in [2.75, 3.05) is 13.2 Å². The Bertz CT molecular complexity index is 1120. The minimum Gasteiger partial charge on any atom is -0.462 e. The summed E-state index contributed by atoms with van der Waals surface area (Å²) in [7, 11) is 0. The highest BCUT2D eigenvalue weighted by atomic mass is 16.6. The molecule has 0 rings (SSSR count). The van der Waals surface area contributed by atoms with Gasteiger partial charge in [0.15, 0.2) is 6.10 Å². The molecule has 0 aromatic carbocycles. The van der Waals surface area contributed by atoms with Gasteiger partial charge in [-0.25, -0.2) is 0 Å². The van der Waals surface area contributed by atoms with Gasteiger partial charge in [0.1, 0.15) is 13.2 Å². The van der Waals surface area contributed by atoms with E-state index in [1.54, 1.807) is 0 Å². The zero-order chi connectivity index (χ0) is 46.5. The number of rotatable bonds is 50. The average molecular weight is 897 g/mol. The summed E-state index contributed by atoms with van der Waals surface area (Å²) in [4.78, 5) is 38.0. The van der Waals surface area contributed by atoms with Crippen molar-refractivity contribution < 1.29 is 28.6 Å². The van der Waals surface area contributed by atoms with Crippen LogP contribution in [0, 0.1) is 0 Å². The van der Waals surface area contributed by atoms with Crippen LogP contribution in [0.4, 0.5) is 0 Å². The van der Waals surface area contributed by atoms with Gasteiger partial charge in [0.05, 0.1) is 0 Å². The third kappa shape index (κ3) is 50.4. The Morgan fingerprint density at radius 1 is 0.312 bits per heavy atom.